The Labute approximate surface area is 279 Å². The molecule has 5 rings (SSSR count). The van der Waals surface area contributed by atoms with Gasteiger partial charge in [-0.2, -0.15) is 0 Å². The average molecular weight is 761 g/mol. The van der Waals surface area contributed by atoms with E-state index in [-0.39, 0.29) is 18.1 Å². The fraction of sp³-hybridized carbons (Fsp3) is 0.0938. The first-order chi connectivity index (χ1) is 20.5. The maximum absolute atomic E-state index is 13.8. The van der Waals surface area contributed by atoms with E-state index in [1.54, 1.807) is 35.2 Å². The second-order valence-electron chi connectivity index (χ2n) is 9.62. The molecule has 0 aliphatic carbocycles. The normalized spacial score (nSPS) is 15.0. The molecule has 1 fully saturated rings. The first-order valence-electron chi connectivity index (χ1n) is 12.8. The number of hydrogen-bond donors (Lipinski definition) is 1. The lowest BCUT2D eigenvalue weighted by atomic mass is 10.1. The number of ether oxygens (including phenoxy) is 1. The number of anilines is 1. The predicted octanol–water partition coefficient (Wildman–Crippen LogP) is 10.2. The average Bonchev–Trinajstić information content (AvgIpc) is 3.25. The van der Waals surface area contributed by atoms with Crippen LogP contribution in [0.15, 0.2) is 91.6 Å². The summed E-state index contributed by atoms with van der Waals surface area (Å²) in [5.74, 6) is -0.645. The Morgan fingerprint density at radius 1 is 0.953 bits per heavy atom. The number of thioether (sulfide) groups is 1. The number of amides is 1. The molecule has 0 atom stereocenters. The van der Waals surface area contributed by atoms with E-state index in [9.17, 15) is 9.59 Å². The summed E-state index contributed by atoms with van der Waals surface area (Å²) in [6, 6.07) is 21.2. The first kappa shape index (κ1) is 31.3. The van der Waals surface area contributed by atoms with Crippen molar-refractivity contribution in [2.45, 2.75) is 20.5 Å². The van der Waals surface area contributed by atoms with Gasteiger partial charge in [0.15, 0.2) is 5.17 Å². The van der Waals surface area contributed by atoms with Gasteiger partial charge in [-0.05, 0) is 134 Å². The van der Waals surface area contributed by atoms with E-state index in [4.69, 9.17) is 38.0 Å². The van der Waals surface area contributed by atoms with Crippen molar-refractivity contribution in [1.29, 1.82) is 0 Å². The highest BCUT2D eigenvalue weighted by Crippen LogP contribution is 2.41. The molecule has 6 nitrogen and oxygen atoms in total. The molecule has 218 valence electrons. The number of aryl methyl sites for hydroxylation is 2. The van der Waals surface area contributed by atoms with Crippen LogP contribution in [0.2, 0.25) is 10.0 Å². The van der Waals surface area contributed by atoms with E-state index in [1.165, 1.54) is 23.9 Å². The fourth-order valence-corrected chi connectivity index (χ4v) is 6.91. The maximum Gasteiger partial charge on any atom is 0.335 e. The monoisotopic (exact) mass is 758 g/mol. The zero-order valence-electron chi connectivity index (χ0n) is 22.7. The fourth-order valence-electron chi connectivity index (χ4n) is 4.11. The highest BCUT2D eigenvalue weighted by molar-refractivity contribution is 9.11. The van der Waals surface area contributed by atoms with Gasteiger partial charge < -0.3 is 9.84 Å². The summed E-state index contributed by atoms with van der Waals surface area (Å²) in [4.78, 5) is 31.7. The summed E-state index contributed by atoms with van der Waals surface area (Å²) in [5, 5.41) is 10.7. The van der Waals surface area contributed by atoms with Gasteiger partial charge in [0.05, 0.1) is 30.8 Å². The molecule has 4 aromatic carbocycles. The summed E-state index contributed by atoms with van der Waals surface area (Å²) in [6.45, 7) is 4.06. The molecule has 0 radical (unpaired) electrons. The van der Waals surface area contributed by atoms with E-state index in [0.29, 0.717) is 46.2 Å². The third-order valence-electron chi connectivity index (χ3n) is 6.50. The van der Waals surface area contributed by atoms with Crippen molar-refractivity contribution in [2.24, 2.45) is 4.99 Å². The van der Waals surface area contributed by atoms with Crippen molar-refractivity contribution in [3.8, 4) is 5.75 Å². The quantitative estimate of drug-likeness (QED) is 0.190. The molecule has 1 aliphatic heterocycles. The summed E-state index contributed by atoms with van der Waals surface area (Å²) < 4.78 is 7.37. The lowest BCUT2D eigenvalue weighted by Gasteiger charge is -2.16. The van der Waals surface area contributed by atoms with Gasteiger partial charge in [0.2, 0.25) is 0 Å². The minimum Gasteiger partial charge on any atom is -0.487 e. The summed E-state index contributed by atoms with van der Waals surface area (Å²) >= 11 is 21.2. The van der Waals surface area contributed by atoms with Gasteiger partial charge >= 0.3 is 5.97 Å². The number of carboxylic acids is 1. The molecule has 43 heavy (non-hydrogen) atoms. The van der Waals surface area contributed by atoms with Crippen LogP contribution in [0.25, 0.3) is 6.08 Å². The Balaban J connectivity index is 1.44. The van der Waals surface area contributed by atoms with E-state index < -0.39 is 5.97 Å². The van der Waals surface area contributed by atoms with Crippen molar-refractivity contribution in [3.05, 3.63) is 125 Å². The molecule has 1 N–H and O–H groups in total. The maximum atomic E-state index is 13.8. The zero-order valence-corrected chi connectivity index (χ0v) is 28.2. The van der Waals surface area contributed by atoms with Gasteiger partial charge in [-0.25, -0.2) is 9.79 Å². The van der Waals surface area contributed by atoms with Crippen LogP contribution >= 0.6 is 66.8 Å². The Bertz CT molecular complexity index is 1800. The second-order valence-corrected chi connectivity index (χ2v) is 13.1. The Morgan fingerprint density at radius 3 is 2.19 bits per heavy atom. The van der Waals surface area contributed by atoms with Crippen molar-refractivity contribution < 1.29 is 19.4 Å². The smallest absolute Gasteiger partial charge is 0.335 e. The topological polar surface area (TPSA) is 79.2 Å². The predicted molar refractivity (Wildman–Crippen MR) is 182 cm³/mol. The number of hydrogen-bond acceptors (Lipinski definition) is 5. The first-order valence-corrected chi connectivity index (χ1v) is 15.9. The van der Waals surface area contributed by atoms with Gasteiger partial charge in [-0.3, -0.25) is 9.69 Å². The zero-order chi connectivity index (χ0) is 30.8. The number of benzene rings is 4. The van der Waals surface area contributed by atoms with Crippen LogP contribution < -0.4 is 9.64 Å². The molecule has 11 heteroatoms. The third-order valence-corrected chi connectivity index (χ3v) is 9.46. The van der Waals surface area contributed by atoms with Gasteiger partial charge in [0, 0.05) is 10.0 Å². The Morgan fingerprint density at radius 2 is 1.58 bits per heavy atom. The van der Waals surface area contributed by atoms with E-state index >= 15 is 0 Å². The number of carbonyl (C=O) groups is 2. The lowest BCUT2D eigenvalue weighted by molar-refractivity contribution is -0.113. The van der Waals surface area contributed by atoms with Crippen LogP contribution in [0, 0.1) is 13.8 Å². The molecule has 0 saturated carbocycles. The SMILES string of the molecule is Cc1ccc(N=C2S/C(=C/c3cc(Br)c(OCc4ccc(C(=O)O)cc4)c(Br)c3)C(=O)N2c2ccc(C)c(Cl)c2)cc1Cl. The molecule has 1 saturated heterocycles. The van der Waals surface area contributed by atoms with Crippen LogP contribution in [0.1, 0.15) is 32.6 Å². The van der Waals surface area contributed by atoms with Crippen molar-refractivity contribution in [3.63, 3.8) is 0 Å². The highest BCUT2D eigenvalue weighted by Gasteiger charge is 2.35. The highest BCUT2D eigenvalue weighted by atomic mass is 79.9. The van der Waals surface area contributed by atoms with E-state index in [1.807, 2.05) is 50.2 Å². The molecule has 0 spiro atoms. The molecular formula is C32H22Br2Cl2N2O4S. The number of halogens is 4. The molecule has 0 aromatic heterocycles. The minimum absolute atomic E-state index is 0.211. The van der Waals surface area contributed by atoms with Gasteiger partial charge in [0.25, 0.3) is 5.91 Å². The van der Waals surface area contributed by atoms with Crippen LogP contribution in [-0.2, 0) is 11.4 Å². The largest absolute Gasteiger partial charge is 0.487 e. The lowest BCUT2D eigenvalue weighted by Crippen LogP contribution is -2.28. The standard InChI is InChI=1S/C32H22Br2Cl2N2O4S/c1-17-3-9-22(14-26(17)35)37-32-38(23-10-4-18(2)27(36)15-23)30(39)28(43-32)13-20-11-24(33)29(25(34)12-20)42-16-19-5-7-21(8-6-19)31(40)41/h3-15H,16H2,1-2H3,(H,40,41)/b28-13+,37-32?. The summed E-state index contributed by atoms with van der Waals surface area (Å²) in [6.07, 6.45) is 1.80. The van der Waals surface area contributed by atoms with E-state index in [0.717, 1.165) is 22.3 Å². The van der Waals surface area contributed by atoms with Crippen LogP contribution in [-0.4, -0.2) is 22.2 Å². The molecule has 0 bridgehead atoms. The Kier molecular flexibility index (Phi) is 9.68. The third kappa shape index (κ3) is 7.19. The number of aromatic carboxylic acids is 1. The molecule has 0 unspecified atom stereocenters. The van der Waals surface area contributed by atoms with Crippen molar-refractivity contribution in [1.82, 2.24) is 0 Å². The number of amidine groups is 1. The number of nitrogens with zero attached hydrogens (tertiary/aromatic N) is 2. The minimum atomic E-state index is -0.981. The number of rotatable bonds is 7. The van der Waals surface area contributed by atoms with Crippen molar-refractivity contribution >= 4 is 101 Å². The molecule has 1 amide bonds. The van der Waals surface area contributed by atoms with Gasteiger partial charge in [0.1, 0.15) is 12.4 Å². The Hall–Kier alpha value is -3.08. The van der Waals surface area contributed by atoms with E-state index in [2.05, 4.69) is 31.9 Å². The van der Waals surface area contributed by atoms with Crippen LogP contribution in [0.3, 0.4) is 0 Å². The molecule has 1 heterocycles. The van der Waals surface area contributed by atoms with Crippen LogP contribution in [0.5, 0.6) is 5.75 Å². The number of aliphatic imine (C=N–C) groups is 1. The molecule has 4 aromatic rings. The summed E-state index contributed by atoms with van der Waals surface area (Å²) in [5.41, 5.74) is 4.86. The van der Waals surface area contributed by atoms with Crippen LogP contribution in [0.4, 0.5) is 11.4 Å². The molecular weight excluding hydrogens is 739 g/mol. The van der Waals surface area contributed by atoms with Gasteiger partial charge in [-0.1, -0.05) is 47.5 Å². The van der Waals surface area contributed by atoms with Crippen molar-refractivity contribution in [2.75, 3.05) is 4.90 Å². The second kappa shape index (κ2) is 13.3. The van der Waals surface area contributed by atoms with Gasteiger partial charge in [-0.15, -0.1) is 0 Å². The molecule has 1 aliphatic rings. The summed E-state index contributed by atoms with van der Waals surface area (Å²) in [7, 11) is 0. The number of carbonyl (C=O) groups excluding carboxylic acids is 1. The number of carboxylic acid groups (broad SMARTS) is 1.